The number of anilines is 2. The van der Waals surface area contributed by atoms with Gasteiger partial charge in [-0.15, -0.1) is 11.8 Å². The Morgan fingerprint density at radius 1 is 1.10 bits per heavy atom. The lowest BCUT2D eigenvalue weighted by atomic mass is 10.2. The Morgan fingerprint density at radius 2 is 1.90 bits per heavy atom. The average molecular weight is 412 g/mol. The van der Waals surface area contributed by atoms with Gasteiger partial charge in [-0.05, 0) is 43.3 Å². The van der Waals surface area contributed by atoms with Gasteiger partial charge in [0.15, 0.2) is 6.10 Å². The zero-order valence-corrected chi connectivity index (χ0v) is 16.0. The fraction of sp³-hybridized carbons (Fsp3) is 0.158. The van der Waals surface area contributed by atoms with Crippen LogP contribution in [0.1, 0.15) is 17.3 Å². The molecule has 1 aliphatic heterocycles. The molecule has 0 bridgehead atoms. The van der Waals surface area contributed by atoms with Gasteiger partial charge in [0.2, 0.25) is 5.91 Å². The van der Waals surface area contributed by atoms with E-state index in [-0.39, 0.29) is 17.2 Å². The van der Waals surface area contributed by atoms with E-state index in [1.807, 2.05) is 0 Å². The summed E-state index contributed by atoms with van der Waals surface area (Å²) < 4.78 is 5.25. The number of ether oxygens (including phenoxy) is 1. The number of benzene rings is 2. The van der Waals surface area contributed by atoms with Crippen molar-refractivity contribution in [1.29, 1.82) is 0 Å². The van der Waals surface area contributed by atoms with E-state index in [1.54, 1.807) is 30.3 Å². The molecule has 0 radical (unpaired) electrons. The highest BCUT2D eigenvalue weighted by molar-refractivity contribution is 8.00. The van der Waals surface area contributed by atoms with Crippen LogP contribution in [-0.2, 0) is 14.3 Å². The number of H-pyrrole nitrogens is 2. The second-order valence-electron chi connectivity index (χ2n) is 6.42. The van der Waals surface area contributed by atoms with Crippen LogP contribution in [-0.4, -0.2) is 39.6 Å². The van der Waals surface area contributed by atoms with Gasteiger partial charge in [0.1, 0.15) is 0 Å². The summed E-state index contributed by atoms with van der Waals surface area (Å²) in [6.45, 7) is 1.46. The molecular weight excluding hydrogens is 396 g/mol. The largest absolute Gasteiger partial charge is 0.449 e. The summed E-state index contributed by atoms with van der Waals surface area (Å²) in [6.07, 6.45) is -1.05. The normalized spacial score (nSPS) is 14.0. The molecule has 2 aromatic carbocycles. The molecule has 4 N–H and O–H groups in total. The third-order valence-corrected chi connectivity index (χ3v) is 5.36. The highest BCUT2D eigenvalue weighted by Gasteiger charge is 2.22. The average Bonchev–Trinajstić information content (AvgIpc) is 3.06. The first-order chi connectivity index (χ1) is 13.9. The van der Waals surface area contributed by atoms with Crippen molar-refractivity contribution >= 4 is 52.0 Å². The van der Waals surface area contributed by atoms with Crippen LogP contribution in [0.4, 0.5) is 11.4 Å². The summed E-state index contributed by atoms with van der Waals surface area (Å²) in [7, 11) is 0. The van der Waals surface area contributed by atoms with Crippen molar-refractivity contribution in [3.8, 4) is 0 Å². The minimum Gasteiger partial charge on any atom is -0.449 e. The molecule has 0 saturated heterocycles. The Labute approximate surface area is 168 Å². The van der Waals surface area contributed by atoms with E-state index in [4.69, 9.17) is 4.74 Å². The Hall–Kier alpha value is -3.53. The Kier molecular flexibility index (Phi) is 4.85. The number of aromatic nitrogens is 2. The minimum absolute atomic E-state index is 0.138. The van der Waals surface area contributed by atoms with Crippen LogP contribution in [0.2, 0.25) is 0 Å². The van der Waals surface area contributed by atoms with Gasteiger partial charge >= 0.3 is 11.7 Å². The van der Waals surface area contributed by atoms with E-state index in [0.717, 1.165) is 4.90 Å². The zero-order valence-electron chi connectivity index (χ0n) is 15.2. The van der Waals surface area contributed by atoms with E-state index in [1.165, 1.54) is 24.8 Å². The van der Waals surface area contributed by atoms with E-state index >= 15 is 0 Å². The maximum atomic E-state index is 12.4. The van der Waals surface area contributed by atoms with Crippen LogP contribution in [0.15, 0.2) is 46.1 Å². The van der Waals surface area contributed by atoms with Gasteiger partial charge in [-0.1, -0.05) is 0 Å². The number of aromatic amines is 2. The molecule has 0 spiro atoms. The number of carbonyl (C=O) groups is 3. The summed E-state index contributed by atoms with van der Waals surface area (Å²) in [5.41, 5.74) is 2.06. The van der Waals surface area contributed by atoms with Crippen molar-refractivity contribution in [2.45, 2.75) is 17.9 Å². The molecule has 0 aliphatic carbocycles. The molecule has 1 aliphatic rings. The third kappa shape index (κ3) is 4.02. The molecule has 10 heteroatoms. The number of thioether (sulfide) groups is 1. The van der Waals surface area contributed by atoms with Crippen molar-refractivity contribution in [1.82, 2.24) is 9.97 Å². The van der Waals surface area contributed by atoms with E-state index < -0.39 is 18.0 Å². The molecule has 4 rings (SSSR count). The van der Waals surface area contributed by atoms with Gasteiger partial charge in [-0.2, -0.15) is 0 Å². The van der Waals surface area contributed by atoms with Crippen molar-refractivity contribution in [2.24, 2.45) is 0 Å². The number of fused-ring (bicyclic) bond motifs is 2. The molecule has 0 fully saturated rings. The first-order valence-electron chi connectivity index (χ1n) is 8.69. The summed E-state index contributed by atoms with van der Waals surface area (Å²) in [5.74, 6) is -0.999. The van der Waals surface area contributed by atoms with E-state index in [2.05, 4.69) is 20.6 Å². The number of hydrogen-bond donors (Lipinski definition) is 4. The number of nitrogens with one attached hydrogen (secondary N) is 4. The maximum Gasteiger partial charge on any atom is 0.338 e. The van der Waals surface area contributed by atoms with Crippen molar-refractivity contribution in [2.75, 3.05) is 16.4 Å². The van der Waals surface area contributed by atoms with Crippen LogP contribution < -0.4 is 16.3 Å². The highest BCUT2D eigenvalue weighted by atomic mass is 32.2. The van der Waals surface area contributed by atoms with Gasteiger partial charge in [0.25, 0.3) is 5.91 Å². The molecule has 1 aromatic heterocycles. The lowest BCUT2D eigenvalue weighted by Crippen LogP contribution is -2.30. The van der Waals surface area contributed by atoms with E-state index in [0.29, 0.717) is 28.2 Å². The van der Waals surface area contributed by atoms with Crippen LogP contribution in [0, 0.1) is 0 Å². The second-order valence-corrected chi connectivity index (χ2v) is 7.44. The maximum absolute atomic E-state index is 12.4. The molecule has 1 atom stereocenters. The lowest BCUT2D eigenvalue weighted by Gasteiger charge is -2.17. The smallest absolute Gasteiger partial charge is 0.338 e. The van der Waals surface area contributed by atoms with Gasteiger partial charge in [0.05, 0.1) is 28.0 Å². The van der Waals surface area contributed by atoms with Crippen LogP contribution in [0.5, 0.6) is 0 Å². The van der Waals surface area contributed by atoms with Gasteiger partial charge in [0, 0.05) is 10.6 Å². The fourth-order valence-corrected chi connectivity index (χ4v) is 3.63. The van der Waals surface area contributed by atoms with Crippen molar-refractivity contribution in [3.05, 3.63) is 52.4 Å². The SMILES string of the molecule is CC(OC(=O)c1ccc2c(c1)NC(=O)CS2)C(=O)Nc1ccc2[nH]c(=O)[nH]c2c1. The predicted octanol–water partition coefficient (Wildman–Crippen LogP) is 2.08. The van der Waals surface area contributed by atoms with Crippen LogP contribution in [0.3, 0.4) is 0 Å². The summed E-state index contributed by atoms with van der Waals surface area (Å²) in [5, 5.41) is 5.35. The Balaban J connectivity index is 1.42. The first kappa shape index (κ1) is 18.8. The number of amides is 2. The molecule has 2 heterocycles. The molecule has 148 valence electrons. The first-order valence-corrected chi connectivity index (χ1v) is 9.68. The summed E-state index contributed by atoms with van der Waals surface area (Å²) >= 11 is 1.39. The highest BCUT2D eigenvalue weighted by Crippen LogP contribution is 2.32. The summed E-state index contributed by atoms with van der Waals surface area (Å²) in [4.78, 5) is 53.7. The number of imidazole rings is 1. The summed E-state index contributed by atoms with van der Waals surface area (Å²) in [6, 6.07) is 9.73. The third-order valence-electron chi connectivity index (χ3n) is 4.28. The quantitative estimate of drug-likeness (QED) is 0.485. The fourth-order valence-electron chi connectivity index (χ4n) is 2.85. The second kappa shape index (κ2) is 7.47. The Bertz CT molecular complexity index is 1200. The molecule has 3 aromatic rings. The monoisotopic (exact) mass is 412 g/mol. The van der Waals surface area contributed by atoms with E-state index in [9.17, 15) is 19.2 Å². The topological polar surface area (TPSA) is 133 Å². The zero-order chi connectivity index (χ0) is 20.5. The minimum atomic E-state index is -1.05. The molecular formula is C19H16N4O5S. The molecule has 0 saturated carbocycles. The molecule has 9 nitrogen and oxygen atoms in total. The number of hydrogen-bond acceptors (Lipinski definition) is 6. The molecule has 29 heavy (non-hydrogen) atoms. The predicted molar refractivity (Wildman–Crippen MR) is 108 cm³/mol. The number of carbonyl (C=O) groups excluding carboxylic acids is 3. The van der Waals surface area contributed by atoms with Crippen molar-refractivity contribution < 1.29 is 19.1 Å². The van der Waals surface area contributed by atoms with Gasteiger partial charge in [-0.25, -0.2) is 9.59 Å². The number of esters is 1. The molecule has 2 amide bonds. The molecule has 1 unspecified atom stereocenters. The van der Waals surface area contributed by atoms with Crippen molar-refractivity contribution in [3.63, 3.8) is 0 Å². The standard InChI is InChI=1S/C19H16N4O5S/c1-9(17(25)20-11-3-4-12-13(7-11)23-19(27)22-12)28-18(26)10-2-5-15-14(6-10)21-16(24)8-29-15/h2-7,9H,8H2,1H3,(H,20,25)(H,21,24)(H2,22,23,27). The number of rotatable bonds is 4. The van der Waals surface area contributed by atoms with Gasteiger partial charge in [-0.3, -0.25) is 9.59 Å². The van der Waals surface area contributed by atoms with Crippen LogP contribution in [0.25, 0.3) is 11.0 Å². The van der Waals surface area contributed by atoms with Gasteiger partial charge < -0.3 is 25.3 Å². The Morgan fingerprint density at radius 3 is 2.72 bits per heavy atom. The lowest BCUT2D eigenvalue weighted by molar-refractivity contribution is -0.123. The van der Waals surface area contributed by atoms with Crippen LogP contribution >= 0.6 is 11.8 Å².